The van der Waals surface area contributed by atoms with E-state index in [2.05, 4.69) is 5.32 Å². The van der Waals surface area contributed by atoms with Crippen molar-refractivity contribution in [1.82, 2.24) is 10.6 Å². The topological polar surface area (TPSA) is 105 Å². The van der Waals surface area contributed by atoms with Crippen LogP contribution in [0.4, 0.5) is 22.4 Å². The molecule has 0 aliphatic carbocycles. The summed E-state index contributed by atoms with van der Waals surface area (Å²) in [4.78, 5) is 11.6. The lowest BCUT2D eigenvalue weighted by Crippen LogP contribution is -2.77. The summed E-state index contributed by atoms with van der Waals surface area (Å²) >= 11 is 0. The average molecular weight is 476 g/mol. The summed E-state index contributed by atoms with van der Waals surface area (Å²) in [5.41, 5.74) is -3.50. The molecule has 1 fully saturated rings. The number of hydrogen-bond acceptors (Lipinski definition) is 5. The third kappa shape index (κ3) is 3.88. The number of rotatable bonds is 6. The van der Waals surface area contributed by atoms with E-state index in [1.54, 1.807) is 6.92 Å². The molecule has 2 aromatic carbocycles. The second kappa shape index (κ2) is 8.24. The molecule has 2 aromatic rings. The maximum atomic E-state index is 14.6. The van der Waals surface area contributed by atoms with Gasteiger partial charge in [-0.3, -0.25) is 0 Å². The molecule has 3 atom stereocenters. The van der Waals surface area contributed by atoms with Gasteiger partial charge in [-0.1, -0.05) is 29.8 Å². The number of alkyl halides is 4. The summed E-state index contributed by atoms with van der Waals surface area (Å²) in [6, 6.07) is 7.01. The van der Waals surface area contributed by atoms with Crippen molar-refractivity contribution in [2.45, 2.75) is 41.2 Å². The highest BCUT2D eigenvalue weighted by Gasteiger charge is 2.70. The molecule has 174 valence electrons. The van der Waals surface area contributed by atoms with Crippen molar-refractivity contribution in [2.24, 2.45) is 0 Å². The highest BCUT2D eigenvalue weighted by atomic mass is 32.2. The van der Waals surface area contributed by atoms with Gasteiger partial charge in [0.05, 0.1) is 18.0 Å². The highest BCUT2D eigenvalue weighted by molar-refractivity contribution is 7.92. The van der Waals surface area contributed by atoms with E-state index >= 15 is 0 Å². The molecule has 3 rings (SSSR count). The molecule has 3 N–H and O–H groups in total. The van der Waals surface area contributed by atoms with Crippen molar-refractivity contribution in [2.75, 3.05) is 7.11 Å². The molecule has 32 heavy (non-hydrogen) atoms. The number of benzene rings is 2. The Morgan fingerprint density at radius 2 is 1.66 bits per heavy atom. The lowest BCUT2D eigenvalue weighted by molar-refractivity contribution is -0.255. The van der Waals surface area contributed by atoms with Crippen LogP contribution >= 0.6 is 0 Å². The van der Waals surface area contributed by atoms with Gasteiger partial charge in [0.25, 0.3) is 0 Å². The summed E-state index contributed by atoms with van der Waals surface area (Å²) in [6.07, 6.45) is -4.47. The number of urea groups is 1. The zero-order valence-corrected chi connectivity index (χ0v) is 17.7. The van der Waals surface area contributed by atoms with Gasteiger partial charge in [-0.2, -0.15) is 8.78 Å². The quantitative estimate of drug-likeness (QED) is 0.557. The number of ether oxygens (including phenoxy) is 1. The molecule has 0 saturated carbocycles. The van der Waals surface area contributed by atoms with Gasteiger partial charge in [-0.05, 0) is 36.8 Å². The summed E-state index contributed by atoms with van der Waals surface area (Å²) in [6.45, 7) is 1.65. The molecule has 0 bridgehead atoms. The first-order valence-electron chi connectivity index (χ1n) is 9.26. The van der Waals surface area contributed by atoms with Gasteiger partial charge in [0.15, 0.2) is 9.84 Å². The lowest BCUT2D eigenvalue weighted by Gasteiger charge is -2.47. The Morgan fingerprint density at radius 3 is 2.16 bits per heavy atom. The van der Waals surface area contributed by atoms with Gasteiger partial charge >= 0.3 is 18.4 Å². The van der Waals surface area contributed by atoms with Crippen LogP contribution in [0.3, 0.4) is 0 Å². The largest absolute Gasteiger partial charge is 0.497 e. The van der Waals surface area contributed by atoms with Crippen LogP contribution in [0.2, 0.25) is 0 Å². The van der Waals surface area contributed by atoms with Crippen LogP contribution in [-0.2, 0) is 9.84 Å². The van der Waals surface area contributed by atoms with Crippen LogP contribution in [0.5, 0.6) is 5.75 Å². The fourth-order valence-electron chi connectivity index (χ4n) is 3.53. The van der Waals surface area contributed by atoms with Gasteiger partial charge in [-0.15, -0.1) is 0 Å². The first kappa shape index (κ1) is 23.8. The maximum Gasteiger partial charge on any atom is 0.355 e. The maximum absolute atomic E-state index is 14.6. The van der Waals surface area contributed by atoms with E-state index in [0.717, 1.165) is 12.1 Å². The van der Waals surface area contributed by atoms with E-state index in [1.165, 1.54) is 48.8 Å². The summed E-state index contributed by atoms with van der Waals surface area (Å²) in [5.74, 6) is -4.97. The first-order chi connectivity index (χ1) is 14.8. The minimum atomic E-state index is -5.31. The monoisotopic (exact) mass is 476 g/mol. The molecular weight excluding hydrogens is 456 g/mol. The summed E-state index contributed by atoms with van der Waals surface area (Å²) < 4.78 is 87.8. The second-order valence-corrected chi connectivity index (χ2v) is 9.39. The second-order valence-electron chi connectivity index (χ2n) is 7.32. The molecule has 0 radical (unpaired) electrons. The Morgan fingerprint density at radius 1 is 1.09 bits per heavy atom. The van der Waals surface area contributed by atoms with E-state index < -0.39 is 50.1 Å². The molecule has 12 heteroatoms. The number of nitrogens with one attached hydrogen (secondary N) is 2. The Balaban J connectivity index is 2.26. The van der Waals surface area contributed by atoms with Crippen LogP contribution in [-0.4, -0.2) is 50.0 Å². The zero-order valence-electron chi connectivity index (χ0n) is 16.9. The van der Waals surface area contributed by atoms with E-state index in [0.29, 0.717) is 11.3 Å². The van der Waals surface area contributed by atoms with Crippen molar-refractivity contribution in [3.05, 3.63) is 59.7 Å². The first-order valence-corrected chi connectivity index (χ1v) is 10.8. The van der Waals surface area contributed by atoms with Crippen molar-refractivity contribution in [3.8, 4) is 5.75 Å². The molecule has 1 saturated heterocycles. The van der Waals surface area contributed by atoms with Gasteiger partial charge in [-0.25, -0.2) is 22.0 Å². The minimum Gasteiger partial charge on any atom is -0.497 e. The molecule has 0 aromatic heterocycles. The number of carbonyl (C=O) groups is 1. The number of aryl methyl sites for hydroxylation is 1. The molecule has 0 unspecified atom stereocenters. The zero-order chi connectivity index (χ0) is 23.9. The molecule has 1 aliphatic heterocycles. The SMILES string of the molecule is COc1ccc([C@H]2NC(=O)N[C@@](O)(C(F)(F)C(F)F)[C@@H]2S(=O)(=O)c2ccc(C)cc2)cc1. The fourth-order valence-corrected chi connectivity index (χ4v) is 5.58. The van der Waals surface area contributed by atoms with Crippen LogP contribution in [0.25, 0.3) is 0 Å². The number of carbonyl (C=O) groups excluding carboxylic acids is 1. The van der Waals surface area contributed by atoms with Gasteiger partial charge in [0.1, 0.15) is 11.0 Å². The lowest BCUT2D eigenvalue weighted by atomic mass is 9.89. The fraction of sp³-hybridized carbons (Fsp3) is 0.350. The van der Waals surface area contributed by atoms with E-state index in [4.69, 9.17) is 4.74 Å². The van der Waals surface area contributed by atoms with Gasteiger partial charge in [0, 0.05) is 0 Å². The van der Waals surface area contributed by atoms with Gasteiger partial charge < -0.3 is 20.5 Å². The summed E-state index contributed by atoms with van der Waals surface area (Å²) in [5, 5.41) is 11.7. The normalized spacial score (nSPS) is 24.1. The molecule has 2 amide bonds. The molecule has 1 heterocycles. The number of sulfone groups is 1. The number of halogens is 4. The van der Waals surface area contributed by atoms with Crippen molar-refractivity contribution < 1.29 is 40.6 Å². The highest BCUT2D eigenvalue weighted by Crippen LogP contribution is 2.45. The number of amides is 2. The van der Waals surface area contributed by atoms with Crippen molar-refractivity contribution >= 4 is 15.9 Å². The smallest absolute Gasteiger partial charge is 0.355 e. The van der Waals surface area contributed by atoms with Crippen molar-refractivity contribution in [3.63, 3.8) is 0 Å². The Bertz CT molecular complexity index is 1090. The minimum absolute atomic E-state index is 0.0233. The van der Waals surface area contributed by atoms with E-state index in [9.17, 15) is 35.9 Å². The molecule has 0 spiro atoms. The van der Waals surface area contributed by atoms with Crippen LogP contribution in [0, 0.1) is 6.92 Å². The Labute approximate surface area is 181 Å². The number of methoxy groups -OCH3 is 1. The van der Waals surface area contributed by atoms with E-state index in [-0.39, 0.29) is 5.56 Å². The Kier molecular flexibility index (Phi) is 6.13. The van der Waals surface area contributed by atoms with Crippen LogP contribution < -0.4 is 15.4 Å². The van der Waals surface area contributed by atoms with Gasteiger partial charge in [0.2, 0.25) is 5.72 Å². The number of hydrogen-bond donors (Lipinski definition) is 3. The molecule has 7 nitrogen and oxygen atoms in total. The van der Waals surface area contributed by atoms with Crippen molar-refractivity contribution in [1.29, 1.82) is 0 Å². The van der Waals surface area contributed by atoms with Crippen LogP contribution in [0.15, 0.2) is 53.4 Å². The van der Waals surface area contributed by atoms with E-state index in [1.807, 2.05) is 0 Å². The third-order valence-electron chi connectivity index (χ3n) is 5.25. The molecule has 1 aliphatic rings. The third-order valence-corrected chi connectivity index (χ3v) is 7.46. The predicted molar refractivity (Wildman–Crippen MR) is 105 cm³/mol. The number of aliphatic hydroxyl groups is 1. The predicted octanol–water partition coefficient (Wildman–Crippen LogP) is 2.79. The Hall–Kier alpha value is -2.86. The average Bonchev–Trinajstić information content (AvgIpc) is 2.73. The summed E-state index contributed by atoms with van der Waals surface area (Å²) in [7, 11) is -3.56. The molecular formula is C20H20F4N2O5S. The van der Waals surface area contributed by atoms with Crippen LogP contribution in [0.1, 0.15) is 17.2 Å². The standard InChI is InChI=1S/C20H20F4N2O5S/c1-11-3-9-14(10-4-11)32(29,30)16-15(12-5-7-13(31-2)8-6-12)25-18(27)26-20(16,28)19(23,24)17(21)22/h3-10,15-17,28H,1-2H3,(H2,25,26,27)/t15-,16-,20+/m1/s1.